The summed E-state index contributed by atoms with van der Waals surface area (Å²) < 4.78 is 60.5. The van der Waals surface area contributed by atoms with Gasteiger partial charge in [0.25, 0.3) is 5.89 Å². The Hall–Kier alpha value is -4.01. The van der Waals surface area contributed by atoms with Crippen molar-refractivity contribution in [3.8, 4) is 34.0 Å². The van der Waals surface area contributed by atoms with Crippen molar-refractivity contribution in [3.63, 3.8) is 0 Å². The zero-order chi connectivity index (χ0) is 23.0. The minimum atomic E-state index is -4.63. The Morgan fingerprint density at radius 3 is 2.34 bits per heavy atom. The lowest BCUT2D eigenvalue weighted by Crippen LogP contribution is -2.08. The second kappa shape index (κ2) is 7.92. The summed E-state index contributed by atoms with van der Waals surface area (Å²) in [6, 6.07) is 13.7. The molecule has 0 fully saturated rings. The first-order chi connectivity index (χ1) is 15.1. The fourth-order valence-corrected chi connectivity index (χ4v) is 3.31. The van der Waals surface area contributed by atoms with Crippen LogP contribution in [0.2, 0.25) is 0 Å². The molecule has 0 bridgehead atoms. The molecule has 0 saturated carbocycles. The van der Waals surface area contributed by atoms with Crippen molar-refractivity contribution >= 4 is 5.97 Å². The van der Waals surface area contributed by atoms with E-state index in [4.69, 9.17) is 9.63 Å². The number of carboxylic acid groups (broad SMARTS) is 1. The number of carbonyl (C=O) groups is 1. The molecule has 0 unspecified atom stereocenters. The number of rotatable bonds is 4. The van der Waals surface area contributed by atoms with Crippen molar-refractivity contribution in [1.29, 1.82) is 0 Å². The third-order valence-electron chi connectivity index (χ3n) is 4.89. The molecule has 0 aliphatic heterocycles. The molecule has 5 nitrogen and oxygen atoms in total. The maximum atomic E-state index is 13.9. The molecule has 1 N–H and O–H groups in total. The quantitative estimate of drug-likeness (QED) is 0.379. The number of halogens is 4. The van der Waals surface area contributed by atoms with Crippen molar-refractivity contribution in [2.75, 3.05) is 0 Å². The summed E-state index contributed by atoms with van der Waals surface area (Å²) in [4.78, 5) is 15.0. The number of carboxylic acids is 1. The number of benzene rings is 3. The summed E-state index contributed by atoms with van der Waals surface area (Å²) >= 11 is 0. The molecule has 0 amide bonds. The van der Waals surface area contributed by atoms with Gasteiger partial charge in [-0.25, -0.2) is 9.18 Å². The van der Waals surface area contributed by atoms with E-state index in [-0.39, 0.29) is 28.4 Å². The summed E-state index contributed by atoms with van der Waals surface area (Å²) in [5.74, 6) is -2.71. The first kappa shape index (κ1) is 21.2. The van der Waals surface area contributed by atoms with Gasteiger partial charge in [-0.3, -0.25) is 0 Å². The van der Waals surface area contributed by atoms with E-state index in [1.165, 1.54) is 18.2 Å². The molecule has 0 saturated heterocycles. The van der Waals surface area contributed by atoms with Gasteiger partial charge in [-0.1, -0.05) is 35.5 Å². The zero-order valence-corrected chi connectivity index (χ0v) is 16.4. The highest BCUT2D eigenvalue weighted by atomic mass is 19.4. The van der Waals surface area contributed by atoms with Gasteiger partial charge < -0.3 is 9.63 Å². The first-order valence-electron chi connectivity index (χ1n) is 9.29. The van der Waals surface area contributed by atoms with E-state index in [1.54, 1.807) is 31.2 Å². The highest BCUT2D eigenvalue weighted by Crippen LogP contribution is 2.40. The van der Waals surface area contributed by atoms with Gasteiger partial charge in [0.05, 0.1) is 11.1 Å². The maximum Gasteiger partial charge on any atom is 0.417 e. The molecule has 162 valence electrons. The van der Waals surface area contributed by atoms with Crippen LogP contribution in [0.15, 0.2) is 65.2 Å². The Morgan fingerprint density at radius 1 is 0.969 bits per heavy atom. The molecule has 0 aliphatic carbocycles. The number of aromatic nitrogens is 2. The topological polar surface area (TPSA) is 76.2 Å². The van der Waals surface area contributed by atoms with Crippen molar-refractivity contribution in [2.24, 2.45) is 0 Å². The number of aryl methyl sites for hydroxylation is 1. The van der Waals surface area contributed by atoms with Crippen LogP contribution in [0.4, 0.5) is 17.6 Å². The van der Waals surface area contributed by atoms with Gasteiger partial charge >= 0.3 is 12.1 Å². The average Bonchev–Trinajstić information content (AvgIpc) is 3.23. The standard InChI is InChI=1S/C23H14F4N2O3/c1-12-4-2-3-5-15(12)16-8-7-14(10-18(16)23(25,26)27)21-28-20(29-32-21)13-6-9-17(22(30)31)19(24)11-13/h2-11H,1H3,(H,30,31). The highest BCUT2D eigenvalue weighted by molar-refractivity contribution is 5.88. The predicted octanol–water partition coefficient (Wildman–Crippen LogP) is 6.24. The van der Waals surface area contributed by atoms with E-state index in [1.807, 2.05) is 0 Å². The van der Waals surface area contributed by atoms with Gasteiger partial charge in [0, 0.05) is 11.1 Å². The van der Waals surface area contributed by atoms with E-state index in [2.05, 4.69) is 10.1 Å². The summed E-state index contributed by atoms with van der Waals surface area (Å²) in [7, 11) is 0. The van der Waals surface area contributed by atoms with E-state index in [0.29, 0.717) is 11.1 Å². The Bertz CT molecular complexity index is 1330. The molecular formula is C23H14F4N2O3. The third kappa shape index (κ3) is 3.96. The van der Waals surface area contributed by atoms with Crippen LogP contribution in [-0.4, -0.2) is 21.2 Å². The van der Waals surface area contributed by atoms with Crippen molar-refractivity contribution < 1.29 is 32.0 Å². The molecule has 4 rings (SSSR count). The van der Waals surface area contributed by atoms with E-state index in [9.17, 15) is 22.4 Å². The number of nitrogens with zero attached hydrogens (tertiary/aromatic N) is 2. The van der Waals surface area contributed by atoms with E-state index < -0.39 is 29.1 Å². The fourth-order valence-electron chi connectivity index (χ4n) is 3.31. The summed E-state index contributed by atoms with van der Waals surface area (Å²) in [5, 5.41) is 12.6. The summed E-state index contributed by atoms with van der Waals surface area (Å²) in [6.07, 6.45) is -4.63. The number of aromatic carboxylic acids is 1. The Kier molecular flexibility index (Phi) is 5.25. The van der Waals surface area contributed by atoms with Crippen LogP contribution in [-0.2, 0) is 6.18 Å². The van der Waals surface area contributed by atoms with Gasteiger partial charge in [-0.05, 0) is 53.9 Å². The van der Waals surface area contributed by atoms with Gasteiger partial charge in [-0.2, -0.15) is 18.2 Å². The SMILES string of the molecule is Cc1ccccc1-c1ccc(-c2nc(-c3ccc(C(=O)O)c(F)c3)no2)cc1C(F)(F)F. The van der Waals surface area contributed by atoms with Crippen molar-refractivity contribution in [2.45, 2.75) is 13.1 Å². The minimum Gasteiger partial charge on any atom is -0.478 e. The van der Waals surface area contributed by atoms with Gasteiger partial charge in [0.2, 0.25) is 5.82 Å². The summed E-state index contributed by atoms with van der Waals surface area (Å²) in [6.45, 7) is 1.72. The molecule has 0 aliphatic rings. The Morgan fingerprint density at radius 2 is 1.69 bits per heavy atom. The minimum absolute atomic E-state index is 0.0189. The van der Waals surface area contributed by atoms with Crippen LogP contribution in [0.1, 0.15) is 21.5 Å². The summed E-state index contributed by atoms with van der Waals surface area (Å²) in [5.41, 5.74) is -0.0687. The largest absolute Gasteiger partial charge is 0.478 e. The Labute approximate surface area is 179 Å². The second-order valence-electron chi connectivity index (χ2n) is 7.00. The Balaban J connectivity index is 1.76. The van der Waals surface area contributed by atoms with E-state index >= 15 is 0 Å². The predicted molar refractivity (Wildman–Crippen MR) is 107 cm³/mol. The second-order valence-corrected chi connectivity index (χ2v) is 7.00. The molecule has 1 heterocycles. The third-order valence-corrected chi connectivity index (χ3v) is 4.89. The van der Waals surface area contributed by atoms with Gasteiger partial charge in [0.15, 0.2) is 0 Å². The number of hydrogen-bond donors (Lipinski definition) is 1. The van der Waals surface area contributed by atoms with E-state index in [0.717, 1.165) is 18.2 Å². The molecule has 32 heavy (non-hydrogen) atoms. The fraction of sp³-hybridized carbons (Fsp3) is 0.0870. The molecule has 0 radical (unpaired) electrons. The van der Waals surface area contributed by atoms with Gasteiger partial charge in [-0.15, -0.1) is 0 Å². The number of alkyl halides is 3. The average molecular weight is 442 g/mol. The first-order valence-corrected chi connectivity index (χ1v) is 9.29. The van der Waals surface area contributed by atoms with Crippen LogP contribution < -0.4 is 0 Å². The van der Waals surface area contributed by atoms with Crippen LogP contribution in [0, 0.1) is 12.7 Å². The lowest BCUT2D eigenvalue weighted by molar-refractivity contribution is -0.137. The van der Waals surface area contributed by atoms with Crippen LogP contribution in [0.5, 0.6) is 0 Å². The van der Waals surface area contributed by atoms with Crippen LogP contribution >= 0.6 is 0 Å². The molecule has 0 atom stereocenters. The van der Waals surface area contributed by atoms with Crippen molar-refractivity contribution in [3.05, 3.63) is 83.2 Å². The van der Waals surface area contributed by atoms with Crippen LogP contribution in [0.3, 0.4) is 0 Å². The lowest BCUT2D eigenvalue weighted by atomic mass is 9.94. The molecule has 4 aromatic rings. The lowest BCUT2D eigenvalue weighted by Gasteiger charge is -2.15. The molecule has 9 heteroatoms. The van der Waals surface area contributed by atoms with Gasteiger partial charge in [0.1, 0.15) is 5.82 Å². The normalized spacial score (nSPS) is 11.5. The van der Waals surface area contributed by atoms with Crippen LogP contribution in [0.25, 0.3) is 34.0 Å². The zero-order valence-electron chi connectivity index (χ0n) is 16.4. The monoisotopic (exact) mass is 442 g/mol. The number of hydrogen-bond acceptors (Lipinski definition) is 4. The molecule has 0 spiro atoms. The molecular weight excluding hydrogens is 428 g/mol. The molecule has 1 aromatic heterocycles. The smallest absolute Gasteiger partial charge is 0.417 e. The highest BCUT2D eigenvalue weighted by Gasteiger charge is 2.34. The van der Waals surface area contributed by atoms with Crippen molar-refractivity contribution in [1.82, 2.24) is 10.1 Å². The maximum absolute atomic E-state index is 13.9. The molecule has 3 aromatic carbocycles.